The Morgan fingerprint density at radius 2 is 1.43 bits per heavy atom. The zero-order valence-electron chi connectivity index (χ0n) is 20.2. The van der Waals surface area contributed by atoms with Crippen LogP contribution in [0.3, 0.4) is 0 Å². The van der Waals surface area contributed by atoms with Crippen molar-refractivity contribution in [3.63, 3.8) is 0 Å². The molecule has 0 aromatic heterocycles. The van der Waals surface area contributed by atoms with E-state index in [0.717, 1.165) is 29.4 Å². The molecule has 2 fully saturated rings. The monoisotopic (exact) mass is 535 g/mol. The molecule has 1 N–H and O–H groups in total. The molecule has 0 aliphatic carbocycles. The minimum atomic E-state index is -0.607. The number of quaternary nitrogens is 1. The molecule has 0 radical (unpaired) electrons. The van der Waals surface area contributed by atoms with E-state index in [4.69, 9.17) is 4.74 Å². The van der Waals surface area contributed by atoms with Gasteiger partial charge in [-0.2, -0.15) is 0 Å². The fourth-order valence-electron chi connectivity index (χ4n) is 6.12. The van der Waals surface area contributed by atoms with Gasteiger partial charge >= 0.3 is 5.97 Å². The van der Waals surface area contributed by atoms with Crippen molar-refractivity contribution in [2.75, 3.05) is 13.7 Å². The predicted molar refractivity (Wildman–Crippen MR) is 134 cm³/mol. The number of ether oxygens (including phenoxy) is 1. The van der Waals surface area contributed by atoms with Gasteiger partial charge < -0.3 is 31.3 Å². The van der Waals surface area contributed by atoms with E-state index in [-0.39, 0.29) is 35.7 Å². The SMILES string of the molecule is C[N+]1(Cc2ccc(-c3ccccc3)cc2)[C@@H]2CC[C@H]1C[C@@H](OC(=O)C(CO)c1ccccc1)C2.[Br-]. The Morgan fingerprint density at radius 1 is 0.886 bits per heavy atom. The normalized spacial score (nSPS) is 25.9. The van der Waals surface area contributed by atoms with Gasteiger partial charge in [-0.3, -0.25) is 4.79 Å². The predicted octanol–water partition coefficient (Wildman–Crippen LogP) is 2.32. The van der Waals surface area contributed by atoms with Crippen molar-refractivity contribution < 1.29 is 36.1 Å². The summed E-state index contributed by atoms with van der Waals surface area (Å²) in [6.45, 7) is 0.781. The third-order valence-electron chi connectivity index (χ3n) is 8.11. The number of nitrogens with zero attached hydrogens (tertiary/aromatic N) is 1. The number of carbonyl (C=O) groups excluding carboxylic acids is 1. The summed E-state index contributed by atoms with van der Waals surface area (Å²) in [7, 11) is 2.38. The van der Waals surface area contributed by atoms with Crippen LogP contribution in [0, 0.1) is 0 Å². The fourth-order valence-corrected chi connectivity index (χ4v) is 6.12. The molecule has 5 atom stereocenters. The first-order valence-electron chi connectivity index (χ1n) is 12.4. The maximum atomic E-state index is 12.9. The second-order valence-corrected chi connectivity index (χ2v) is 10.1. The molecule has 2 aliphatic heterocycles. The summed E-state index contributed by atoms with van der Waals surface area (Å²) < 4.78 is 7.01. The van der Waals surface area contributed by atoms with E-state index in [1.54, 1.807) is 0 Å². The van der Waals surface area contributed by atoms with Crippen LogP contribution in [-0.4, -0.2) is 47.4 Å². The third kappa shape index (κ3) is 5.37. The van der Waals surface area contributed by atoms with Crippen LogP contribution in [0.2, 0.25) is 0 Å². The molecular weight excluding hydrogens is 502 g/mol. The number of hydrogen-bond acceptors (Lipinski definition) is 3. The van der Waals surface area contributed by atoms with Gasteiger partial charge in [0.2, 0.25) is 0 Å². The van der Waals surface area contributed by atoms with Crippen molar-refractivity contribution in [2.45, 2.75) is 56.3 Å². The summed E-state index contributed by atoms with van der Waals surface area (Å²) in [5.74, 6) is -0.907. The number of aliphatic hydroxyl groups excluding tert-OH is 1. The van der Waals surface area contributed by atoms with Crippen LogP contribution in [0.25, 0.3) is 11.1 Å². The van der Waals surface area contributed by atoms with Crippen molar-refractivity contribution in [1.29, 1.82) is 0 Å². The largest absolute Gasteiger partial charge is 1.00 e. The van der Waals surface area contributed by atoms with Gasteiger partial charge in [0.1, 0.15) is 18.6 Å². The fraction of sp³-hybridized carbons (Fsp3) is 0.367. The van der Waals surface area contributed by atoms with Gasteiger partial charge in [-0.05, 0) is 16.7 Å². The highest BCUT2D eigenvalue weighted by atomic mass is 79.9. The molecule has 0 saturated carbocycles. The van der Waals surface area contributed by atoms with Gasteiger partial charge in [0.05, 0.1) is 25.7 Å². The first kappa shape index (κ1) is 25.6. The van der Waals surface area contributed by atoms with Crippen LogP contribution in [0.15, 0.2) is 84.9 Å². The molecule has 5 rings (SSSR count). The van der Waals surface area contributed by atoms with E-state index < -0.39 is 5.92 Å². The number of hydrogen-bond donors (Lipinski definition) is 1. The highest BCUT2D eigenvalue weighted by Gasteiger charge is 2.52. The van der Waals surface area contributed by atoms with Gasteiger partial charge in [-0.15, -0.1) is 0 Å². The average Bonchev–Trinajstić information content (AvgIpc) is 3.02. The maximum absolute atomic E-state index is 12.9. The van der Waals surface area contributed by atoms with Crippen LogP contribution in [0.5, 0.6) is 0 Å². The molecule has 2 unspecified atom stereocenters. The molecule has 4 nitrogen and oxygen atoms in total. The second-order valence-electron chi connectivity index (χ2n) is 10.1. The lowest BCUT2D eigenvalue weighted by Crippen LogP contribution is -3.00. The van der Waals surface area contributed by atoms with Gasteiger partial charge in [0, 0.05) is 31.2 Å². The van der Waals surface area contributed by atoms with Gasteiger partial charge in [-0.25, -0.2) is 0 Å². The van der Waals surface area contributed by atoms with Crippen LogP contribution in [0.1, 0.15) is 42.7 Å². The summed E-state index contributed by atoms with van der Waals surface area (Å²) in [6, 6.07) is 29.9. The van der Waals surface area contributed by atoms with E-state index in [0.29, 0.717) is 12.1 Å². The summed E-state index contributed by atoms with van der Waals surface area (Å²) in [5.41, 5.74) is 4.67. The topological polar surface area (TPSA) is 46.5 Å². The van der Waals surface area contributed by atoms with Gasteiger partial charge in [0.25, 0.3) is 0 Å². The Labute approximate surface area is 218 Å². The zero-order valence-corrected chi connectivity index (χ0v) is 21.8. The van der Waals surface area contributed by atoms with Crippen molar-refractivity contribution in [3.05, 3.63) is 96.1 Å². The Morgan fingerprint density at radius 3 is 2.00 bits per heavy atom. The van der Waals surface area contributed by atoms with Gasteiger partial charge in [-0.1, -0.05) is 84.9 Å². The lowest BCUT2D eigenvalue weighted by atomic mass is 9.94. The number of carbonyl (C=O) groups is 1. The molecule has 184 valence electrons. The van der Waals surface area contributed by atoms with Crippen molar-refractivity contribution >= 4 is 5.97 Å². The Kier molecular flexibility index (Phi) is 8.10. The first-order valence-corrected chi connectivity index (χ1v) is 12.4. The molecule has 2 bridgehead atoms. The number of fused-ring (bicyclic) bond motifs is 2. The lowest BCUT2D eigenvalue weighted by Gasteiger charge is -2.47. The molecule has 3 aromatic carbocycles. The molecule has 0 spiro atoms. The van der Waals surface area contributed by atoms with Crippen LogP contribution in [-0.2, 0) is 16.1 Å². The quantitative estimate of drug-likeness (QED) is 0.373. The van der Waals surface area contributed by atoms with E-state index in [9.17, 15) is 9.90 Å². The standard InChI is InChI=1S/C30H34NO3.BrH/c1-31(20-22-12-14-24(15-13-22)23-8-4-2-5-9-23)26-16-17-27(31)19-28(18-26)34-30(33)29(21-32)25-10-6-3-7-11-25;/h2-15,26-29,32H,16-21H2,1H3;1H/q+1;/p-1/t26-,27+,28+,29?,31?;. The van der Waals surface area contributed by atoms with E-state index in [1.165, 1.54) is 29.5 Å². The number of esters is 1. The van der Waals surface area contributed by atoms with Crippen molar-refractivity contribution in [2.24, 2.45) is 0 Å². The zero-order chi connectivity index (χ0) is 23.5. The molecule has 2 heterocycles. The summed E-state index contributed by atoms with van der Waals surface area (Å²) >= 11 is 0. The van der Waals surface area contributed by atoms with Crippen LogP contribution < -0.4 is 17.0 Å². The van der Waals surface area contributed by atoms with E-state index in [1.807, 2.05) is 36.4 Å². The number of benzene rings is 3. The molecule has 35 heavy (non-hydrogen) atoms. The molecular formula is C30H34BrNO3. The molecule has 2 saturated heterocycles. The number of halogens is 1. The lowest BCUT2D eigenvalue weighted by molar-refractivity contribution is -0.961. The van der Waals surface area contributed by atoms with Crippen LogP contribution in [0.4, 0.5) is 0 Å². The number of piperidine rings is 1. The number of aliphatic hydroxyl groups is 1. The third-order valence-corrected chi connectivity index (χ3v) is 8.11. The minimum absolute atomic E-state index is 0. The van der Waals surface area contributed by atoms with Crippen LogP contribution >= 0.6 is 0 Å². The Bertz CT molecular complexity index is 1090. The minimum Gasteiger partial charge on any atom is -1.00 e. The van der Waals surface area contributed by atoms with Crippen molar-refractivity contribution in [1.82, 2.24) is 0 Å². The Balaban J connectivity index is 0.00000289. The second kappa shape index (κ2) is 11.1. The van der Waals surface area contributed by atoms with Crippen molar-refractivity contribution in [3.8, 4) is 11.1 Å². The molecule has 2 aliphatic rings. The van der Waals surface area contributed by atoms with E-state index >= 15 is 0 Å². The maximum Gasteiger partial charge on any atom is 0.316 e. The summed E-state index contributed by atoms with van der Waals surface area (Å²) in [4.78, 5) is 12.9. The Hall–Kier alpha value is -2.47. The smallest absolute Gasteiger partial charge is 0.316 e. The first-order chi connectivity index (χ1) is 16.6. The summed E-state index contributed by atoms with van der Waals surface area (Å²) in [6.07, 6.45) is 4.09. The highest BCUT2D eigenvalue weighted by molar-refractivity contribution is 5.78. The summed E-state index contributed by atoms with van der Waals surface area (Å²) in [5, 5.41) is 9.83. The average molecular weight is 537 g/mol. The molecule has 0 amide bonds. The van der Waals surface area contributed by atoms with E-state index in [2.05, 4.69) is 55.6 Å². The number of rotatable bonds is 7. The van der Waals surface area contributed by atoms with Gasteiger partial charge in [0.15, 0.2) is 0 Å². The molecule has 3 aromatic rings. The molecule has 5 heteroatoms. The highest BCUT2D eigenvalue weighted by Crippen LogP contribution is 2.44.